The minimum atomic E-state index is -0.925. The molecule has 0 unspecified atom stereocenters. The molecule has 2 aromatic carbocycles. The Kier molecular flexibility index (Phi) is 7.36. The molecule has 8 heteroatoms. The van der Waals surface area contributed by atoms with Crippen molar-refractivity contribution in [1.29, 1.82) is 10.5 Å². The lowest BCUT2D eigenvalue weighted by molar-refractivity contribution is -0.142. The number of ether oxygens (including phenoxy) is 1. The van der Waals surface area contributed by atoms with E-state index >= 15 is 0 Å². The molecule has 0 aliphatic heterocycles. The molecule has 0 atom stereocenters. The average molecular weight is 409 g/mol. The maximum atomic E-state index is 12.1. The molecule has 0 radical (unpaired) electrons. The van der Waals surface area contributed by atoms with Gasteiger partial charge >= 0.3 is 5.97 Å². The first-order valence-corrected chi connectivity index (χ1v) is 8.77. The van der Waals surface area contributed by atoms with Crippen LogP contribution in [0.1, 0.15) is 11.1 Å². The number of carbonyl (C=O) groups excluding carboxylic acids is 2. The Hall–Kier alpha value is -3.81. The van der Waals surface area contributed by atoms with Crippen molar-refractivity contribution in [2.45, 2.75) is 0 Å². The second-order valence-corrected chi connectivity index (χ2v) is 6.52. The van der Waals surface area contributed by atoms with E-state index in [4.69, 9.17) is 21.6 Å². The number of nitrogens with zero attached hydrogens (tertiary/aromatic N) is 3. The molecule has 7 nitrogen and oxygen atoms in total. The van der Waals surface area contributed by atoms with Gasteiger partial charge in [0.2, 0.25) is 0 Å². The molecule has 1 amide bonds. The Labute approximate surface area is 173 Å². The van der Waals surface area contributed by atoms with Gasteiger partial charge in [-0.05, 0) is 42.0 Å². The second kappa shape index (κ2) is 9.93. The average Bonchev–Trinajstić information content (AvgIpc) is 2.70. The minimum absolute atomic E-state index is 0.207. The summed E-state index contributed by atoms with van der Waals surface area (Å²) in [7, 11) is 3.80. The fourth-order valence-electron chi connectivity index (χ4n) is 2.28. The lowest BCUT2D eigenvalue weighted by Crippen LogP contribution is -2.21. The summed E-state index contributed by atoms with van der Waals surface area (Å²) in [6.45, 7) is -0.616. The molecule has 29 heavy (non-hydrogen) atoms. The van der Waals surface area contributed by atoms with Gasteiger partial charge in [0.05, 0.1) is 11.3 Å². The highest BCUT2D eigenvalue weighted by atomic mass is 35.5. The number of rotatable bonds is 6. The van der Waals surface area contributed by atoms with E-state index in [-0.39, 0.29) is 16.8 Å². The number of amides is 1. The van der Waals surface area contributed by atoms with Crippen molar-refractivity contribution < 1.29 is 14.3 Å². The summed E-state index contributed by atoms with van der Waals surface area (Å²) < 4.78 is 4.90. The monoisotopic (exact) mass is 408 g/mol. The van der Waals surface area contributed by atoms with Gasteiger partial charge in [-0.2, -0.15) is 10.5 Å². The van der Waals surface area contributed by atoms with E-state index < -0.39 is 18.5 Å². The van der Waals surface area contributed by atoms with E-state index in [9.17, 15) is 14.9 Å². The highest BCUT2D eigenvalue weighted by molar-refractivity contribution is 6.31. The number of halogens is 1. The van der Waals surface area contributed by atoms with Gasteiger partial charge in [0, 0.05) is 24.8 Å². The Morgan fingerprint density at radius 2 is 1.86 bits per heavy atom. The predicted octanol–water partition coefficient (Wildman–Crippen LogP) is 3.37. The number of nitrogens with one attached hydrogen (secondary N) is 1. The number of hydrogen-bond donors (Lipinski definition) is 1. The summed E-state index contributed by atoms with van der Waals surface area (Å²) in [5.74, 6) is -1.59. The number of carbonyl (C=O) groups is 2. The lowest BCUT2D eigenvalue weighted by atomic mass is 10.1. The second-order valence-electron chi connectivity index (χ2n) is 6.08. The molecule has 2 aromatic rings. The molecule has 0 aromatic heterocycles. The lowest BCUT2D eigenvalue weighted by Gasteiger charge is -2.11. The number of esters is 1. The molecule has 2 rings (SSSR count). The highest BCUT2D eigenvalue weighted by Gasteiger charge is 2.14. The van der Waals surface area contributed by atoms with Crippen LogP contribution >= 0.6 is 11.6 Å². The van der Waals surface area contributed by atoms with Crippen LogP contribution in [0.3, 0.4) is 0 Å². The molecule has 0 aliphatic carbocycles. The molecule has 0 saturated heterocycles. The maximum absolute atomic E-state index is 12.1. The molecular formula is C21H17ClN4O3. The van der Waals surface area contributed by atoms with Crippen LogP contribution in [0, 0.1) is 22.7 Å². The molecular weight excluding hydrogens is 392 g/mol. The topological polar surface area (TPSA) is 106 Å². The van der Waals surface area contributed by atoms with Crippen molar-refractivity contribution >= 4 is 40.9 Å². The van der Waals surface area contributed by atoms with E-state index in [1.54, 1.807) is 18.2 Å². The third-order valence-electron chi connectivity index (χ3n) is 3.77. The zero-order chi connectivity index (χ0) is 21.4. The van der Waals surface area contributed by atoms with Gasteiger partial charge in [0.15, 0.2) is 6.61 Å². The van der Waals surface area contributed by atoms with Gasteiger partial charge in [-0.1, -0.05) is 23.7 Å². The van der Waals surface area contributed by atoms with Gasteiger partial charge in [-0.15, -0.1) is 0 Å². The zero-order valence-corrected chi connectivity index (χ0v) is 16.5. The van der Waals surface area contributed by atoms with Crippen molar-refractivity contribution in [2.24, 2.45) is 0 Å². The Morgan fingerprint density at radius 1 is 1.17 bits per heavy atom. The summed E-state index contributed by atoms with van der Waals surface area (Å²) in [4.78, 5) is 26.1. The quantitative estimate of drug-likeness (QED) is 0.446. The Bertz CT molecular complexity index is 1030. The number of nitriles is 2. The number of benzene rings is 2. The zero-order valence-electron chi connectivity index (χ0n) is 15.8. The molecule has 1 N–H and O–H groups in total. The summed E-state index contributed by atoms with van der Waals surface area (Å²) in [5.41, 5.74) is 1.80. The van der Waals surface area contributed by atoms with E-state index in [0.29, 0.717) is 10.6 Å². The van der Waals surface area contributed by atoms with E-state index in [2.05, 4.69) is 5.32 Å². The van der Waals surface area contributed by atoms with Crippen LogP contribution in [0.15, 0.2) is 48.0 Å². The Balaban J connectivity index is 2.01. The van der Waals surface area contributed by atoms with Crippen LogP contribution in [0.25, 0.3) is 6.08 Å². The van der Waals surface area contributed by atoms with Crippen LogP contribution in [0.5, 0.6) is 0 Å². The van der Waals surface area contributed by atoms with Gasteiger partial charge in [0.25, 0.3) is 5.91 Å². The van der Waals surface area contributed by atoms with Crippen LogP contribution in [0.4, 0.5) is 11.4 Å². The summed E-state index contributed by atoms with van der Waals surface area (Å²) in [6, 6.07) is 15.3. The third-order valence-corrected chi connectivity index (χ3v) is 4.01. The van der Waals surface area contributed by atoms with Crippen LogP contribution in [-0.2, 0) is 14.3 Å². The van der Waals surface area contributed by atoms with Crippen molar-refractivity contribution in [2.75, 3.05) is 30.9 Å². The molecule has 0 fully saturated rings. The number of anilines is 2. The predicted molar refractivity (Wildman–Crippen MR) is 110 cm³/mol. The normalized spacial score (nSPS) is 10.4. The van der Waals surface area contributed by atoms with Gasteiger partial charge in [0.1, 0.15) is 17.7 Å². The van der Waals surface area contributed by atoms with Crippen LogP contribution < -0.4 is 10.2 Å². The van der Waals surface area contributed by atoms with Gasteiger partial charge in [-0.3, -0.25) is 4.79 Å². The van der Waals surface area contributed by atoms with E-state index in [0.717, 1.165) is 5.69 Å². The van der Waals surface area contributed by atoms with Crippen LogP contribution in [-0.4, -0.2) is 32.6 Å². The fourth-order valence-corrected chi connectivity index (χ4v) is 2.46. The largest absolute Gasteiger partial charge is 0.451 e. The summed E-state index contributed by atoms with van der Waals surface area (Å²) in [5, 5.41) is 21.1. The van der Waals surface area contributed by atoms with Crippen molar-refractivity contribution in [3.8, 4) is 12.1 Å². The summed E-state index contributed by atoms with van der Waals surface area (Å²) in [6.07, 6.45) is 1.38. The van der Waals surface area contributed by atoms with Crippen molar-refractivity contribution in [1.82, 2.24) is 0 Å². The summed E-state index contributed by atoms with van der Waals surface area (Å²) >= 11 is 5.86. The van der Waals surface area contributed by atoms with Crippen molar-refractivity contribution in [3.63, 3.8) is 0 Å². The van der Waals surface area contributed by atoms with Crippen molar-refractivity contribution in [3.05, 3.63) is 64.2 Å². The standard InChI is InChI=1S/C21H17ClN4O3/c1-26(2)18-7-3-14(4-8-18)9-16(12-24)21(28)29-13-20(27)25-19-10-17(22)6-5-15(19)11-23/h3-10H,13H2,1-2H3,(H,25,27)/b16-9+. The highest BCUT2D eigenvalue weighted by Crippen LogP contribution is 2.20. The van der Waals surface area contributed by atoms with Gasteiger partial charge < -0.3 is 15.0 Å². The van der Waals surface area contributed by atoms with Gasteiger partial charge in [-0.25, -0.2) is 4.79 Å². The molecule has 146 valence electrons. The fraction of sp³-hybridized carbons (Fsp3) is 0.143. The molecule has 0 saturated carbocycles. The third kappa shape index (κ3) is 6.10. The minimum Gasteiger partial charge on any atom is -0.451 e. The number of hydrogen-bond acceptors (Lipinski definition) is 6. The molecule has 0 spiro atoms. The van der Waals surface area contributed by atoms with E-state index in [1.165, 1.54) is 24.3 Å². The smallest absolute Gasteiger partial charge is 0.349 e. The SMILES string of the molecule is CN(C)c1ccc(/C=C(\C#N)C(=O)OCC(=O)Nc2cc(Cl)ccc2C#N)cc1. The van der Waals surface area contributed by atoms with Crippen LogP contribution in [0.2, 0.25) is 5.02 Å². The van der Waals surface area contributed by atoms with E-state index in [1.807, 2.05) is 37.2 Å². The molecule has 0 bridgehead atoms. The first-order chi connectivity index (χ1) is 13.8. The first-order valence-electron chi connectivity index (χ1n) is 8.40. The molecule has 0 heterocycles. The molecule has 0 aliphatic rings. The maximum Gasteiger partial charge on any atom is 0.349 e. The Morgan fingerprint density at radius 3 is 2.45 bits per heavy atom. The first kappa shape index (κ1) is 21.5.